The predicted octanol–water partition coefficient (Wildman–Crippen LogP) is 5.33. The number of aryl methyl sites for hydroxylation is 1. The van der Waals surface area contributed by atoms with Crippen molar-refractivity contribution in [1.29, 1.82) is 0 Å². The van der Waals surface area contributed by atoms with Crippen LogP contribution in [0.5, 0.6) is 0 Å². The maximum absolute atomic E-state index is 6.32. The van der Waals surface area contributed by atoms with E-state index in [1.807, 2.05) is 31.5 Å². The minimum absolute atomic E-state index is 0.0130. The maximum Gasteiger partial charge on any atom is 0.0698 e. The second-order valence-electron chi connectivity index (χ2n) is 3.98. The summed E-state index contributed by atoms with van der Waals surface area (Å²) >= 11 is 20.1. The first kappa shape index (κ1) is 14.2. The Morgan fingerprint density at radius 2 is 1.94 bits per heavy atom. The normalized spacial score (nSPS) is 12.7. The van der Waals surface area contributed by atoms with Gasteiger partial charge in [-0.15, -0.1) is 11.3 Å². The van der Waals surface area contributed by atoms with Crippen LogP contribution < -0.4 is 5.32 Å². The highest BCUT2D eigenvalue weighted by Crippen LogP contribution is 2.38. The lowest BCUT2D eigenvalue weighted by molar-refractivity contribution is 0.704. The van der Waals surface area contributed by atoms with Crippen LogP contribution in [-0.2, 0) is 0 Å². The molecule has 96 valence electrons. The van der Waals surface area contributed by atoms with Crippen LogP contribution in [0.15, 0.2) is 23.6 Å². The van der Waals surface area contributed by atoms with Crippen molar-refractivity contribution in [1.82, 2.24) is 5.32 Å². The molecule has 5 heteroatoms. The quantitative estimate of drug-likeness (QED) is 0.806. The van der Waals surface area contributed by atoms with E-state index in [-0.39, 0.29) is 6.04 Å². The summed E-state index contributed by atoms with van der Waals surface area (Å²) in [6, 6.07) is 5.50. The summed E-state index contributed by atoms with van der Waals surface area (Å²) < 4.78 is 0. The van der Waals surface area contributed by atoms with E-state index in [4.69, 9.17) is 34.8 Å². The van der Waals surface area contributed by atoms with Crippen molar-refractivity contribution in [3.05, 3.63) is 54.7 Å². The number of hydrogen-bond acceptors (Lipinski definition) is 2. The summed E-state index contributed by atoms with van der Waals surface area (Å²) in [5.74, 6) is 0. The molecule has 1 unspecified atom stereocenters. The van der Waals surface area contributed by atoms with Gasteiger partial charge in [0, 0.05) is 14.9 Å². The molecule has 0 spiro atoms. The lowest BCUT2D eigenvalue weighted by atomic mass is 10.0. The third kappa shape index (κ3) is 2.68. The van der Waals surface area contributed by atoms with Gasteiger partial charge >= 0.3 is 0 Å². The second-order valence-corrected chi connectivity index (χ2v) is 6.12. The number of rotatable bonds is 3. The van der Waals surface area contributed by atoms with E-state index < -0.39 is 0 Å². The predicted molar refractivity (Wildman–Crippen MR) is 81.4 cm³/mol. The van der Waals surface area contributed by atoms with E-state index >= 15 is 0 Å². The Kier molecular flexibility index (Phi) is 4.57. The third-order valence-corrected chi connectivity index (χ3v) is 5.09. The molecule has 0 saturated carbocycles. The van der Waals surface area contributed by atoms with Crippen molar-refractivity contribution in [3.63, 3.8) is 0 Å². The molecule has 1 atom stereocenters. The highest BCUT2D eigenvalue weighted by Gasteiger charge is 2.20. The van der Waals surface area contributed by atoms with Gasteiger partial charge in [-0.1, -0.05) is 40.9 Å². The molecule has 0 fully saturated rings. The van der Waals surface area contributed by atoms with E-state index in [9.17, 15) is 0 Å². The Hall–Kier alpha value is -0.250. The first-order chi connectivity index (χ1) is 8.54. The number of halogens is 3. The van der Waals surface area contributed by atoms with Crippen LogP contribution in [0.1, 0.15) is 22.0 Å². The minimum atomic E-state index is -0.0130. The fourth-order valence-electron chi connectivity index (χ4n) is 1.81. The molecule has 2 rings (SSSR count). The molecule has 1 nitrogen and oxygen atoms in total. The number of benzene rings is 1. The number of thiophene rings is 1. The highest BCUT2D eigenvalue weighted by molar-refractivity contribution is 7.10. The zero-order valence-corrected chi connectivity index (χ0v) is 13.0. The van der Waals surface area contributed by atoms with Crippen LogP contribution in [0, 0.1) is 6.92 Å². The first-order valence-electron chi connectivity index (χ1n) is 5.40. The van der Waals surface area contributed by atoms with Crippen molar-refractivity contribution in [2.24, 2.45) is 0 Å². The standard InChI is InChI=1S/C13H12Cl3NS/c1-7-6-18-13(11(7)16)12(17-2)9-4-3-8(14)5-10(9)15/h3-6,12,17H,1-2H3. The lowest BCUT2D eigenvalue weighted by Gasteiger charge is -2.17. The van der Waals surface area contributed by atoms with Crippen LogP contribution >= 0.6 is 46.1 Å². The zero-order chi connectivity index (χ0) is 13.3. The Morgan fingerprint density at radius 1 is 1.22 bits per heavy atom. The molecule has 18 heavy (non-hydrogen) atoms. The fraction of sp³-hybridized carbons (Fsp3) is 0.231. The maximum atomic E-state index is 6.32. The van der Waals surface area contributed by atoms with Gasteiger partial charge in [-0.2, -0.15) is 0 Å². The molecule has 0 amide bonds. The summed E-state index contributed by atoms with van der Waals surface area (Å²) in [5, 5.41) is 7.37. The summed E-state index contributed by atoms with van der Waals surface area (Å²) in [4.78, 5) is 1.07. The van der Waals surface area contributed by atoms with Gasteiger partial charge in [-0.05, 0) is 42.6 Å². The Morgan fingerprint density at radius 3 is 2.44 bits per heavy atom. The van der Waals surface area contributed by atoms with Crippen LogP contribution in [0.2, 0.25) is 15.1 Å². The van der Waals surface area contributed by atoms with E-state index in [1.165, 1.54) is 0 Å². The molecule has 0 radical (unpaired) electrons. The third-order valence-electron chi connectivity index (χ3n) is 2.75. The second kappa shape index (κ2) is 5.81. The van der Waals surface area contributed by atoms with E-state index in [2.05, 4.69) is 5.32 Å². The summed E-state index contributed by atoms with van der Waals surface area (Å²) in [6.45, 7) is 2.00. The summed E-state index contributed by atoms with van der Waals surface area (Å²) in [6.07, 6.45) is 0. The van der Waals surface area contributed by atoms with Gasteiger partial charge in [0.1, 0.15) is 0 Å². The molecule has 1 aromatic carbocycles. The molecule has 2 aromatic rings. The molecule has 0 saturated heterocycles. The minimum Gasteiger partial charge on any atom is -0.309 e. The monoisotopic (exact) mass is 319 g/mol. The molecule has 1 heterocycles. The largest absolute Gasteiger partial charge is 0.309 e. The topological polar surface area (TPSA) is 12.0 Å². The molecule has 0 aliphatic carbocycles. The van der Waals surface area contributed by atoms with E-state index in [1.54, 1.807) is 17.4 Å². The van der Waals surface area contributed by atoms with Gasteiger partial charge in [0.15, 0.2) is 0 Å². The molecule has 0 aliphatic rings. The number of hydrogen-bond donors (Lipinski definition) is 1. The van der Waals surface area contributed by atoms with Gasteiger partial charge < -0.3 is 5.32 Å². The Bertz CT molecular complexity index is 565. The zero-order valence-electron chi connectivity index (χ0n) is 9.93. The van der Waals surface area contributed by atoms with Gasteiger partial charge in [-0.25, -0.2) is 0 Å². The van der Waals surface area contributed by atoms with Crippen molar-refractivity contribution in [2.75, 3.05) is 7.05 Å². The Balaban J connectivity index is 2.48. The van der Waals surface area contributed by atoms with Crippen molar-refractivity contribution in [2.45, 2.75) is 13.0 Å². The van der Waals surface area contributed by atoms with Crippen molar-refractivity contribution < 1.29 is 0 Å². The molecule has 1 N–H and O–H groups in total. The smallest absolute Gasteiger partial charge is 0.0698 e. The molecule has 1 aromatic heterocycles. The molecule has 0 aliphatic heterocycles. The van der Waals surface area contributed by atoms with Crippen molar-refractivity contribution >= 4 is 46.1 Å². The molecular weight excluding hydrogens is 309 g/mol. The van der Waals surface area contributed by atoms with Crippen LogP contribution in [0.4, 0.5) is 0 Å². The summed E-state index contributed by atoms with van der Waals surface area (Å²) in [5.41, 5.74) is 2.06. The average molecular weight is 321 g/mol. The molecule has 0 bridgehead atoms. The van der Waals surface area contributed by atoms with Gasteiger partial charge in [0.05, 0.1) is 11.1 Å². The molecular formula is C13H12Cl3NS. The van der Waals surface area contributed by atoms with Crippen LogP contribution in [0.25, 0.3) is 0 Å². The fourth-order valence-corrected chi connectivity index (χ4v) is 3.75. The summed E-state index contributed by atoms with van der Waals surface area (Å²) in [7, 11) is 1.89. The van der Waals surface area contributed by atoms with Crippen molar-refractivity contribution in [3.8, 4) is 0 Å². The lowest BCUT2D eigenvalue weighted by Crippen LogP contribution is -2.17. The van der Waals surface area contributed by atoms with Crippen LogP contribution in [-0.4, -0.2) is 7.05 Å². The van der Waals surface area contributed by atoms with E-state index in [0.717, 1.165) is 21.0 Å². The van der Waals surface area contributed by atoms with Gasteiger partial charge in [-0.3, -0.25) is 0 Å². The van der Waals surface area contributed by atoms with Gasteiger partial charge in [0.2, 0.25) is 0 Å². The van der Waals surface area contributed by atoms with Gasteiger partial charge in [0.25, 0.3) is 0 Å². The Labute approximate surface area is 126 Å². The first-order valence-corrected chi connectivity index (χ1v) is 7.41. The van der Waals surface area contributed by atoms with E-state index in [0.29, 0.717) is 10.0 Å². The SMILES string of the molecule is CNC(c1ccc(Cl)cc1Cl)c1scc(C)c1Cl. The highest BCUT2D eigenvalue weighted by atomic mass is 35.5. The van der Waals surface area contributed by atoms with Crippen LogP contribution in [0.3, 0.4) is 0 Å². The average Bonchev–Trinajstić information content (AvgIpc) is 2.65. The number of nitrogens with one attached hydrogen (secondary N) is 1.